The van der Waals surface area contributed by atoms with Crippen LogP contribution in [0.3, 0.4) is 0 Å². The van der Waals surface area contributed by atoms with Crippen molar-refractivity contribution in [2.45, 2.75) is 6.92 Å². The Labute approximate surface area is 106 Å². The molecule has 0 saturated heterocycles. The molecule has 0 aromatic heterocycles. The second kappa shape index (κ2) is 5.27. The number of nitro benzene ring substituents is 1. The molecule has 0 spiro atoms. The summed E-state index contributed by atoms with van der Waals surface area (Å²) in [6, 6.07) is 14.7. The number of nitro groups is 1. The van der Waals surface area contributed by atoms with Crippen LogP contribution >= 0.6 is 0 Å². The van der Waals surface area contributed by atoms with Gasteiger partial charge < -0.3 is 0 Å². The lowest BCUT2D eigenvalue weighted by Crippen LogP contribution is -1.89. The molecule has 0 radical (unpaired) electrons. The number of benzene rings is 2. The highest BCUT2D eigenvalue weighted by Gasteiger charge is 2.06. The first-order valence-electron chi connectivity index (χ1n) is 5.65. The molecule has 2 aromatic carbocycles. The minimum absolute atomic E-state index is 0.119. The minimum Gasteiger partial charge on any atom is -0.258 e. The lowest BCUT2D eigenvalue weighted by Gasteiger charge is -2.00. The molecule has 0 amide bonds. The molecule has 0 aliphatic rings. The molecule has 0 atom stereocenters. The van der Waals surface area contributed by atoms with Crippen LogP contribution in [0.1, 0.15) is 16.7 Å². The van der Waals surface area contributed by atoms with Gasteiger partial charge in [-0.3, -0.25) is 10.1 Å². The average molecular weight is 239 g/mol. The Morgan fingerprint density at radius 2 is 1.78 bits per heavy atom. The Morgan fingerprint density at radius 3 is 2.44 bits per heavy atom. The third-order valence-corrected chi connectivity index (χ3v) is 2.73. The maximum Gasteiger partial charge on any atom is 0.270 e. The predicted octanol–water partition coefficient (Wildman–Crippen LogP) is 4.07. The van der Waals surface area contributed by atoms with E-state index < -0.39 is 0 Å². The van der Waals surface area contributed by atoms with Gasteiger partial charge >= 0.3 is 0 Å². The van der Waals surface area contributed by atoms with Crippen molar-refractivity contribution in [3.8, 4) is 0 Å². The number of non-ortho nitro benzene ring substituents is 1. The molecule has 18 heavy (non-hydrogen) atoms. The molecule has 2 rings (SSSR count). The van der Waals surface area contributed by atoms with Crippen LogP contribution < -0.4 is 0 Å². The summed E-state index contributed by atoms with van der Waals surface area (Å²) >= 11 is 0. The Kier molecular flexibility index (Phi) is 3.53. The zero-order chi connectivity index (χ0) is 13.0. The average Bonchev–Trinajstić information content (AvgIpc) is 2.38. The van der Waals surface area contributed by atoms with E-state index in [-0.39, 0.29) is 10.6 Å². The zero-order valence-corrected chi connectivity index (χ0v) is 10.0. The van der Waals surface area contributed by atoms with Crippen molar-refractivity contribution in [3.05, 3.63) is 75.3 Å². The second-order valence-corrected chi connectivity index (χ2v) is 4.04. The third kappa shape index (κ3) is 2.83. The second-order valence-electron chi connectivity index (χ2n) is 4.04. The summed E-state index contributed by atoms with van der Waals surface area (Å²) in [7, 11) is 0. The number of aryl methyl sites for hydroxylation is 1. The molecule has 0 unspecified atom stereocenters. The molecule has 0 N–H and O–H groups in total. The van der Waals surface area contributed by atoms with Gasteiger partial charge in [0.05, 0.1) is 4.92 Å². The summed E-state index contributed by atoms with van der Waals surface area (Å²) in [5.41, 5.74) is 3.08. The highest BCUT2D eigenvalue weighted by atomic mass is 16.6. The van der Waals surface area contributed by atoms with Gasteiger partial charge in [-0.25, -0.2) is 0 Å². The van der Waals surface area contributed by atoms with Crippen molar-refractivity contribution < 1.29 is 4.92 Å². The molecular weight excluding hydrogens is 226 g/mol. The van der Waals surface area contributed by atoms with Crippen LogP contribution in [-0.4, -0.2) is 4.92 Å². The van der Waals surface area contributed by atoms with Crippen molar-refractivity contribution in [1.29, 1.82) is 0 Å². The molecule has 0 bridgehead atoms. The van der Waals surface area contributed by atoms with E-state index in [4.69, 9.17) is 0 Å². The van der Waals surface area contributed by atoms with Crippen LogP contribution in [0.4, 0.5) is 5.69 Å². The van der Waals surface area contributed by atoms with E-state index in [1.807, 2.05) is 49.4 Å². The quantitative estimate of drug-likeness (QED) is 0.460. The standard InChI is InChI=1S/C15H13NO2/c1-12-7-10-15(16(17)18)11-14(12)9-8-13-5-3-2-4-6-13/h2-11H,1H3/b9-8-. The Hall–Kier alpha value is -2.42. The largest absolute Gasteiger partial charge is 0.270 e. The maximum absolute atomic E-state index is 10.7. The van der Waals surface area contributed by atoms with Crippen molar-refractivity contribution >= 4 is 17.8 Å². The summed E-state index contributed by atoms with van der Waals surface area (Å²) < 4.78 is 0. The molecule has 3 nitrogen and oxygen atoms in total. The molecule has 0 fully saturated rings. The number of rotatable bonds is 3. The van der Waals surface area contributed by atoms with Gasteiger partial charge in [-0.05, 0) is 23.6 Å². The highest BCUT2D eigenvalue weighted by molar-refractivity contribution is 5.72. The van der Waals surface area contributed by atoms with Gasteiger partial charge in [0.25, 0.3) is 5.69 Å². The molecule has 2 aromatic rings. The fraction of sp³-hybridized carbons (Fsp3) is 0.0667. The first-order chi connectivity index (χ1) is 8.66. The van der Waals surface area contributed by atoms with Crippen molar-refractivity contribution in [1.82, 2.24) is 0 Å². The van der Waals surface area contributed by atoms with Crippen LogP contribution in [0.2, 0.25) is 0 Å². The minimum atomic E-state index is -0.376. The number of nitrogens with zero attached hydrogens (tertiary/aromatic N) is 1. The Morgan fingerprint density at radius 1 is 1.06 bits per heavy atom. The van der Waals surface area contributed by atoms with Gasteiger partial charge in [0, 0.05) is 12.1 Å². The molecule has 90 valence electrons. The van der Waals surface area contributed by atoms with E-state index in [9.17, 15) is 10.1 Å². The van der Waals surface area contributed by atoms with Crippen molar-refractivity contribution in [2.75, 3.05) is 0 Å². The van der Waals surface area contributed by atoms with Crippen molar-refractivity contribution in [3.63, 3.8) is 0 Å². The van der Waals surface area contributed by atoms with E-state index in [1.54, 1.807) is 12.1 Å². The fourth-order valence-corrected chi connectivity index (χ4v) is 1.67. The Bertz CT molecular complexity index is 589. The highest BCUT2D eigenvalue weighted by Crippen LogP contribution is 2.19. The number of hydrogen-bond donors (Lipinski definition) is 0. The summed E-state index contributed by atoms with van der Waals surface area (Å²) in [6.45, 7) is 1.94. The predicted molar refractivity (Wildman–Crippen MR) is 73.2 cm³/mol. The molecule has 3 heteroatoms. The maximum atomic E-state index is 10.7. The molecule has 0 saturated carbocycles. The van der Waals surface area contributed by atoms with E-state index in [1.165, 1.54) is 6.07 Å². The Balaban J connectivity index is 2.31. The normalized spacial score (nSPS) is 10.7. The first-order valence-corrected chi connectivity index (χ1v) is 5.65. The van der Waals surface area contributed by atoms with Crippen LogP contribution in [-0.2, 0) is 0 Å². The monoisotopic (exact) mass is 239 g/mol. The van der Waals surface area contributed by atoms with Crippen molar-refractivity contribution in [2.24, 2.45) is 0 Å². The lowest BCUT2D eigenvalue weighted by atomic mass is 10.1. The van der Waals surface area contributed by atoms with Gasteiger partial charge in [0.15, 0.2) is 0 Å². The van der Waals surface area contributed by atoms with Gasteiger partial charge in [0.1, 0.15) is 0 Å². The van der Waals surface area contributed by atoms with E-state index in [2.05, 4.69) is 0 Å². The van der Waals surface area contributed by atoms with E-state index in [0.717, 1.165) is 16.7 Å². The third-order valence-electron chi connectivity index (χ3n) is 2.73. The van der Waals surface area contributed by atoms with E-state index in [0.29, 0.717) is 0 Å². The summed E-state index contributed by atoms with van der Waals surface area (Å²) in [5, 5.41) is 10.7. The number of hydrogen-bond acceptors (Lipinski definition) is 2. The van der Waals surface area contributed by atoms with Gasteiger partial charge in [-0.15, -0.1) is 0 Å². The topological polar surface area (TPSA) is 43.1 Å². The van der Waals surface area contributed by atoms with Crippen LogP contribution in [0.5, 0.6) is 0 Å². The lowest BCUT2D eigenvalue weighted by molar-refractivity contribution is -0.384. The van der Waals surface area contributed by atoms with E-state index >= 15 is 0 Å². The summed E-state index contributed by atoms with van der Waals surface area (Å²) in [4.78, 5) is 10.3. The molecule has 0 heterocycles. The zero-order valence-electron chi connectivity index (χ0n) is 10.0. The van der Waals surface area contributed by atoms with Crippen LogP contribution in [0, 0.1) is 17.0 Å². The smallest absolute Gasteiger partial charge is 0.258 e. The summed E-state index contributed by atoms with van der Waals surface area (Å²) in [5.74, 6) is 0. The van der Waals surface area contributed by atoms with Gasteiger partial charge in [-0.1, -0.05) is 48.6 Å². The van der Waals surface area contributed by atoms with Crippen LogP contribution in [0.15, 0.2) is 48.5 Å². The van der Waals surface area contributed by atoms with Crippen LogP contribution in [0.25, 0.3) is 12.2 Å². The summed E-state index contributed by atoms with van der Waals surface area (Å²) in [6.07, 6.45) is 3.85. The SMILES string of the molecule is Cc1ccc([N+](=O)[O-])cc1/C=C\c1ccccc1. The first kappa shape index (κ1) is 12.0. The molecule has 0 aliphatic heterocycles. The van der Waals surface area contributed by atoms with Gasteiger partial charge in [-0.2, -0.15) is 0 Å². The van der Waals surface area contributed by atoms with Gasteiger partial charge in [0.2, 0.25) is 0 Å². The molecule has 0 aliphatic carbocycles. The fourth-order valence-electron chi connectivity index (χ4n) is 1.67. The molecular formula is C15H13NO2.